The molecular formula is C11H9N3O2S. The molecule has 0 aliphatic rings. The smallest absolute Gasteiger partial charge is 0.337 e. The maximum atomic E-state index is 10.9. The van der Waals surface area contributed by atoms with Crippen molar-refractivity contribution in [3.63, 3.8) is 0 Å². The molecule has 1 aromatic heterocycles. The number of carbonyl (C=O) groups is 1. The molecule has 0 saturated heterocycles. The number of carboxylic acids is 1. The lowest BCUT2D eigenvalue weighted by Crippen LogP contribution is -2.03. The number of anilines is 1. The van der Waals surface area contributed by atoms with Crippen LogP contribution in [0.2, 0.25) is 0 Å². The summed E-state index contributed by atoms with van der Waals surface area (Å²) < 4.78 is 0. The number of carboxylic acid groups (broad SMARTS) is 1. The van der Waals surface area contributed by atoms with Crippen molar-refractivity contribution in [1.29, 1.82) is 0 Å². The molecule has 0 unspecified atom stereocenters. The standard InChI is InChI=1S/C11H9N3O2S/c12-10-7(11(15)16)2-1-3-8(10)17-9-6-13-4-5-14-9/h1-6H,12H2,(H,15,16). The summed E-state index contributed by atoms with van der Waals surface area (Å²) in [6.07, 6.45) is 4.73. The fraction of sp³-hybridized carbons (Fsp3) is 0. The van der Waals surface area contributed by atoms with Crippen molar-refractivity contribution in [1.82, 2.24) is 9.97 Å². The van der Waals surface area contributed by atoms with Gasteiger partial charge in [0.2, 0.25) is 0 Å². The van der Waals surface area contributed by atoms with Gasteiger partial charge in [-0.05, 0) is 12.1 Å². The first kappa shape index (κ1) is 11.4. The van der Waals surface area contributed by atoms with Gasteiger partial charge >= 0.3 is 5.97 Å². The quantitative estimate of drug-likeness (QED) is 0.805. The molecule has 0 aliphatic carbocycles. The molecule has 6 heteroatoms. The van der Waals surface area contributed by atoms with Crippen LogP contribution in [0.15, 0.2) is 46.7 Å². The highest BCUT2D eigenvalue weighted by atomic mass is 32.2. The summed E-state index contributed by atoms with van der Waals surface area (Å²) in [7, 11) is 0. The van der Waals surface area contributed by atoms with Crippen molar-refractivity contribution >= 4 is 23.4 Å². The number of nitrogen functional groups attached to an aromatic ring is 1. The number of nitrogens with zero attached hydrogens (tertiary/aromatic N) is 2. The van der Waals surface area contributed by atoms with E-state index < -0.39 is 5.97 Å². The van der Waals surface area contributed by atoms with E-state index in [2.05, 4.69) is 9.97 Å². The number of aromatic carboxylic acids is 1. The van der Waals surface area contributed by atoms with Gasteiger partial charge in [-0.15, -0.1) is 0 Å². The van der Waals surface area contributed by atoms with Gasteiger partial charge < -0.3 is 10.8 Å². The minimum Gasteiger partial charge on any atom is -0.478 e. The largest absolute Gasteiger partial charge is 0.478 e. The van der Waals surface area contributed by atoms with Crippen molar-refractivity contribution in [2.24, 2.45) is 0 Å². The molecule has 0 amide bonds. The van der Waals surface area contributed by atoms with Crippen LogP contribution in [0.3, 0.4) is 0 Å². The molecule has 0 atom stereocenters. The molecule has 17 heavy (non-hydrogen) atoms. The summed E-state index contributed by atoms with van der Waals surface area (Å²) in [4.78, 5) is 19.6. The van der Waals surface area contributed by atoms with E-state index >= 15 is 0 Å². The number of hydrogen-bond acceptors (Lipinski definition) is 5. The summed E-state index contributed by atoms with van der Waals surface area (Å²) in [6, 6.07) is 4.87. The van der Waals surface area contributed by atoms with Gasteiger partial charge in [-0.3, -0.25) is 4.98 Å². The van der Waals surface area contributed by atoms with Crippen LogP contribution in [0.1, 0.15) is 10.4 Å². The zero-order valence-corrected chi connectivity index (χ0v) is 9.52. The number of hydrogen-bond donors (Lipinski definition) is 2. The molecule has 5 nitrogen and oxygen atoms in total. The highest BCUT2D eigenvalue weighted by Gasteiger charge is 2.12. The molecule has 0 spiro atoms. The minimum absolute atomic E-state index is 0.0962. The second-order valence-corrected chi connectivity index (χ2v) is 4.23. The first-order valence-corrected chi connectivity index (χ1v) is 5.56. The van der Waals surface area contributed by atoms with Gasteiger partial charge in [0.25, 0.3) is 0 Å². The van der Waals surface area contributed by atoms with Crippen molar-refractivity contribution in [2.45, 2.75) is 9.92 Å². The molecule has 1 heterocycles. The summed E-state index contributed by atoms with van der Waals surface area (Å²) in [5.41, 5.74) is 6.12. The number of nitrogens with two attached hydrogens (primary N) is 1. The van der Waals surface area contributed by atoms with Gasteiger partial charge in [0.05, 0.1) is 17.4 Å². The topological polar surface area (TPSA) is 89.1 Å². The summed E-state index contributed by atoms with van der Waals surface area (Å²) in [5, 5.41) is 9.61. The van der Waals surface area contributed by atoms with Crippen LogP contribution in [0.25, 0.3) is 0 Å². The van der Waals surface area contributed by atoms with Gasteiger partial charge in [-0.25, -0.2) is 9.78 Å². The molecule has 3 N–H and O–H groups in total. The lowest BCUT2D eigenvalue weighted by Gasteiger charge is -2.06. The van der Waals surface area contributed by atoms with E-state index in [1.54, 1.807) is 30.7 Å². The Bertz CT molecular complexity index is 546. The Morgan fingerprint density at radius 2 is 2.18 bits per heavy atom. The van der Waals surface area contributed by atoms with E-state index in [0.717, 1.165) is 0 Å². The maximum absolute atomic E-state index is 10.9. The van der Waals surface area contributed by atoms with Gasteiger partial charge in [0.1, 0.15) is 5.03 Å². The first-order valence-electron chi connectivity index (χ1n) is 4.74. The Hall–Kier alpha value is -2.08. The van der Waals surface area contributed by atoms with Gasteiger partial charge in [-0.2, -0.15) is 0 Å². The molecule has 2 aromatic rings. The summed E-state index contributed by atoms with van der Waals surface area (Å²) in [5.74, 6) is -1.04. The molecular weight excluding hydrogens is 238 g/mol. The van der Waals surface area contributed by atoms with Crippen LogP contribution in [0.5, 0.6) is 0 Å². The fourth-order valence-corrected chi connectivity index (χ4v) is 2.09. The SMILES string of the molecule is Nc1c(Sc2cnccn2)cccc1C(=O)O. The fourth-order valence-electron chi connectivity index (χ4n) is 1.27. The van der Waals surface area contributed by atoms with Gasteiger partial charge in [-0.1, -0.05) is 17.8 Å². The number of para-hydroxylation sites is 1. The van der Waals surface area contributed by atoms with Crippen LogP contribution in [-0.2, 0) is 0 Å². The van der Waals surface area contributed by atoms with Gasteiger partial charge in [0, 0.05) is 17.3 Å². The van der Waals surface area contributed by atoms with E-state index in [0.29, 0.717) is 9.92 Å². The van der Waals surface area contributed by atoms with Crippen LogP contribution in [-0.4, -0.2) is 21.0 Å². The third kappa shape index (κ3) is 2.54. The maximum Gasteiger partial charge on any atom is 0.337 e. The van der Waals surface area contributed by atoms with Crippen LogP contribution >= 0.6 is 11.8 Å². The zero-order chi connectivity index (χ0) is 12.3. The highest BCUT2D eigenvalue weighted by Crippen LogP contribution is 2.32. The monoisotopic (exact) mass is 247 g/mol. The lowest BCUT2D eigenvalue weighted by atomic mass is 10.2. The average Bonchev–Trinajstić information content (AvgIpc) is 2.33. The normalized spacial score (nSPS) is 10.1. The Morgan fingerprint density at radius 1 is 1.35 bits per heavy atom. The van der Waals surface area contributed by atoms with Crippen molar-refractivity contribution in [3.8, 4) is 0 Å². The van der Waals surface area contributed by atoms with E-state index in [4.69, 9.17) is 10.8 Å². The number of benzene rings is 1. The van der Waals surface area contributed by atoms with Crippen molar-refractivity contribution in [3.05, 3.63) is 42.4 Å². The molecule has 86 valence electrons. The van der Waals surface area contributed by atoms with Crippen molar-refractivity contribution in [2.75, 3.05) is 5.73 Å². The molecule has 2 rings (SSSR count). The van der Waals surface area contributed by atoms with Crippen LogP contribution in [0, 0.1) is 0 Å². The van der Waals surface area contributed by atoms with Crippen LogP contribution < -0.4 is 5.73 Å². The number of aromatic nitrogens is 2. The van der Waals surface area contributed by atoms with E-state index in [-0.39, 0.29) is 11.3 Å². The van der Waals surface area contributed by atoms with E-state index in [1.807, 2.05) is 0 Å². The molecule has 0 fully saturated rings. The summed E-state index contributed by atoms with van der Waals surface area (Å²) >= 11 is 1.28. The second-order valence-electron chi connectivity index (χ2n) is 3.17. The third-order valence-electron chi connectivity index (χ3n) is 2.05. The zero-order valence-electron chi connectivity index (χ0n) is 8.70. The summed E-state index contributed by atoms with van der Waals surface area (Å²) in [6.45, 7) is 0. The Kier molecular flexibility index (Phi) is 3.24. The first-order chi connectivity index (χ1) is 8.18. The number of rotatable bonds is 3. The molecule has 0 saturated carbocycles. The third-order valence-corrected chi connectivity index (χ3v) is 3.05. The van der Waals surface area contributed by atoms with Crippen LogP contribution in [0.4, 0.5) is 5.69 Å². The van der Waals surface area contributed by atoms with E-state index in [1.165, 1.54) is 17.8 Å². The minimum atomic E-state index is -1.04. The molecule has 1 aromatic carbocycles. The second kappa shape index (κ2) is 4.84. The Balaban J connectivity index is 2.34. The highest BCUT2D eigenvalue weighted by molar-refractivity contribution is 7.99. The van der Waals surface area contributed by atoms with Crippen molar-refractivity contribution < 1.29 is 9.90 Å². The molecule has 0 aliphatic heterocycles. The molecule has 0 bridgehead atoms. The Morgan fingerprint density at radius 3 is 2.82 bits per heavy atom. The predicted molar refractivity (Wildman–Crippen MR) is 64.0 cm³/mol. The average molecular weight is 247 g/mol. The van der Waals surface area contributed by atoms with Gasteiger partial charge in [0.15, 0.2) is 0 Å². The Labute approximate surface area is 102 Å². The predicted octanol–water partition coefficient (Wildman–Crippen LogP) is 1.91. The molecule has 0 radical (unpaired) electrons. The lowest BCUT2D eigenvalue weighted by molar-refractivity contribution is 0.0698. The van der Waals surface area contributed by atoms with E-state index in [9.17, 15) is 4.79 Å².